The number of hydrogen-bond donors (Lipinski definition) is 1. The topological polar surface area (TPSA) is 88.9 Å². The molecule has 1 saturated carbocycles. The van der Waals surface area contributed by atoms with E-state index < -0.39 is 0 Å². The molecule has 0 radical (unpaired) electrons. The lowest BCUT2D eigenvalue weighted by molar-refractivity contribution is 0.0906. The smallest absolute Gasteiger partial charge is 0.252 e. The van der Waals surface area contributed by atoms with Gasteiger partial charge in [0.2, 0.25) is 0 Å². The third-order valence-corrected chi connectivity index (χ3v) is 6.73. The molecule has 2 aromatic heterocycles. The molecule has 0 unspecified atom stereocenters. The zero-order valence-corrected chi connectivity index (χ0v) is 18.1. The molecule has 1 N–H and O–H groups in total. The first-order chi connectivity index (χ1) is 15.2. The van der Waals surface area contributed by atoms with Gasteiger partial charge in [0.05, 0.1) is 24.7 Å². The number of nitrogens with one attached hydrogen (secondary N) is 1. The van der Waals surface area contributed by atoms with Gasteiger partial charge < -0.3 is 9.72 Å². The Kier molecular flexibility index (Phi) is 5.82. The quantitative estimate of drug-likeness (QED) is 0.630. The number of aromatic amines is 1. The van der Waals surface area contributed by atoms with Crippen LogP contribution in [0, 0.1) is 6.92 Å². The fourth-order valence-electron chi connectivity index (χ4n) is 4.99. The van der Waals surface area contributed by atoms with E-state index in [0.717, 1.165) is 60.1 Å². The van der Waals surface area contributed by atoms with Gasteiger partial charge in [-0.1, -0.05) is 31.0 Å². The number of para-hydroxylation sites is 1. The number of benzene rings is 1. The van der Waals surface area contributed by atoms with E-state index in [-0.39, 0.29) is 11.7 Å². The van der Waals surface area contributed by atoms with Gasteiger partial charge in [-0.25, -0.2) is 4.68 Å². The van der Waals surface area contributed by atoms with E-state index in [0.29, 0.717) is 25.7 Å². The number of aromatic nitrogens is 5. The number of ether oxygens (including phenoxy) is 1. The molecule has 0 bridgehead atoms. The Balaban J connectivity index is 1.40. The molecule has 2 aliphatic rings. The van der Waals surface area contributed by atoms with E-state index in [9.17, 15) is 4.79 Å². The van der Waals surface area contributed by atoms with E-state index >= 15 is 0 Å². The van der Waals surface area contributed by atoms with Crippen LogP contribution >= 0.6 is 0 Å². The van der Waals surface area contributed by atoms with Gasteiger partial charge in [-0.05, 0) is 60.0 Å². The Bertz CT molecular complexity index is 1090. The molecule has 8 heteroatoms. The fourth-order valence-corrected chi connectivity index (χ4v) is 4.99. The van der Waals surface area contributed by atoms with Crippen molar-refractivity contribution in [1.82, 2.24) is 30.1 Å². The van der Waals surface area contributed by atoms with Crippen molar-refractivity contribution >= 4 is 10.9 Å². The highest BCUT2D eigenvalue weighted by Gasteiger charge is 2.26. The predicted molar refractivity (Wildman–Crippen MR) is 118 cm³/mol. The minimum atomic E-state index is -0.0104. The number of nitrogens with zero attached hydrogens (tertiary/aromatic N) is 5. The summed E-state index contributed by atoms with van der Waals surface area (Å²) in [6.45, 7) is 4.76. The van der Waals surface area contributed by atoms with Gasteiger partial charge in [0.25, 0.3) is 5.56 Å². The zero-order valence-electron chi connectivity index (χ0n) is 18.1. The second-order valence-electron chi connectivity index (χ2n) is 8.92. The van der Waals surface area contributed by atoms with Gasteiger partial charge in [-0.3, -0.25) is 9.69 Å². The van der Waals surface area contributed by atoms with Crippen LogP contribution in [0.25, 0.3) is 10.9 Å². The lowest BCUT2D eigenvalue weighted by atomic mass is 10.1. The summed E-state index contributed by atoms with van der Waals surface area (Å²) in [5, 5.41) is 13.5. The van der Waals surface area contributed by atoms with Crippen molar-refractivity contribution < 1.29 is 4.74 Å². The molecule has 1 atom stereocenters. The third kappa shape index (κ3) is 4.41. The first-order valence-corrected chi connectivity index (χ1v) is 11.4. The van der Waals surface area contributed by atoms with Crippen LogP contribution in [0.2, 0.25) is 0 Å². The summed E-state index contributed by atoms with van der Waals surface area (Å²) in [7, 11) is 0. The number of fused-ring (bicyclic) bond motifs is 1. The van der Waals surface area contributed by atoms with E-state index in [1.165, 1.54) is 12.8 Å². The molecule has 1 aliphatic heterocycles. The number of pyridine rings is 1. The van der Waals surface area contributed by atoms with E-state index in [4.69, 9.17) is 4.74 Å². The minimum Gasteiger partial charge on any atom is -0.376 e. The second-order valence-corrected chi connectivity index (χ2v) is 8.92. The molecule has 3 aromatic rings. The first kappa shape index (κ1) is 20.3. The zero-order chi connectivity index (χ0) is 21.2. The van der Waals surface area contributed by atoms with Crippen LogP contribution in [-0.4, -0.2) is 48.8 Å². The van der Waals surface area contributed by atoms with Crippen molar-refractivity contribution in [1.29, 1.82) is 0 Å². The van der Waals surface area contributed by atoms with Crippen LogP contribution < -0.4 is 5.56 Å². The monoisotopic (exact) mass is 422 g/mol. The van der Waals surface area contributed by atoms with Crippen LogP contribution in [0.15, 0.2) is 29.1 Å². The average Bonchev–Trinajstić information content (AvgIpc) is 3.53. The molecule has 0 amide bonds. The van der Waals surface area contributed by atoms with Gasteiger partial charge in [0.1, 0.15) is 0 Å². The number of aryl methyl sites for hydroxylation is 1. The van der Waals surface area contributed by atoms with Crippen molar-refractivity contribution in [3.05, 3.63) is 51.6 Å². The summed E-state index contributed by atoms with van der Waals surface area (Å²) in [6.07, 6.45) is 7.10. The van der Waals surface area contributed by atoms with Crippen LogP contribution in [0.5, 0.6) is 0 Å². The van der Waals surface area contributed by atoms with Crippen LogP contribution in [0.3, 0.4) is 0 Å². The fraction of sp³-hybridized carbons (Fsp3) is 0.565. The summed E-state index contributed by atoms with van der Waals surface area (Å²) in [5.74, 6) is 0.843. The lowest BCUT2D eigenvalue weighted by Crippen LogP contribution is -2.35. The number of tetrazole rings is 1. The second kappa shape index (κ2) is 8.88. The normalized spacial score (nSPS) is 19.7. The summed E-state index contributed by atoms with van der Waals surface area (Å²) in [6, 6.07) is 8.60. The van der Waals surface area contributed by atoms with E-state index in [1.54, 1.807) is 0 Å². The lowest BCUT2D eigenvalue weighted by Gasteiger charge is -2.28. The summed E-state index contributed by atoms with van der Waals surface area (Å²) >= 11 is 0. The van der Waals surface area contributed by atoms with E-state index in [1.807, 2.05) is 29.8 Å². The van der Waals surface area contributed by atoms with Gasteiger partial charge in [-0.15, -0.1) is 5.10 Å². The molecule has 8 nitrogen and oxygen atoms in total. The average molecular weight is 423 g/mol. The van der Waals surface area contributed by atoms with Crippen molar-refractivity contribution in [3.8, 4) is 0 Å². The molecule has 31 heavy (non-hydrogen) atoms. The Morgan fingerprint density at radius 1 is 1.19 bits per heavy atom. The Morgan fingerprint density at radius 3 is 2.87 bits per heavy atom. The standard InChI is InChI=1S/C23H30N6O2/c1-16-6-4-7-17-12-18(23(30)24-22(16)17)13-28(19-8-2-3-9-19)15-21-25-26-27-29(21)14-20-10-5-11-31-20/h4,6-7,12,19-20H,2-3,5,8-11,13-15H2,1H3,(H,24,30)/t20-/m0/s1. The maximum absolute atomic E-state index is 12.9. The van der Waals surface area contributed by atoms with Crippen molar-refractivity contribution in [2.24, 2.45) is 0 Å². The van der Waals surface area contributed by atoms with E-state index in [2.05, 4.69) is 31.5 Å². The number of hydrogen-bond acceptors (Lipinski definition) is 6. The van der Waals surface area contributed by atoms with Gasteiger partial charge >= 0.3 is 0 Å². The summed E-state index contributed by atoms with van der Waals surface area (Å²) < 4.78 is 7.65. The van der Waals surface area contributed by atoms with Crippen LogP contribution in [0.4, 0.5) is 0 Å². The SMILES string of the molecule is Cc1cccc2cc(CN(Cc3nnnn3C[C@@H]3CCCO3)C3CCCC3)c(=O)[nH]c12. The molecule has 164 valence electrons. The van der Waals surface area contributed by atoms with Gasteiger partial charge in [0, 0.05) is 24.8 Å². The molecule has 0 spiro atoms. The molecule has 1 saturated heterocycles. The van der Waals surface area contributed by atoms with Crippen LogP contribution in [0.1, 0.15) is 55.5 Å². The molecule has 1 aliphatic carbocycles. The Morgan fingerprint density at radius 2 is 2.06 bits per heavy atom. The number of rotatable bonds is 7. The molecule has 5 rings (SSSR count). The van der Waals surface area contributed by atoms with Crippen molar-refractivity contribution in [3.63, 3.8) is 0 Å². The summed E-state index contributed by atoms with van der Waals surface area (Å²) in [4.78, 5) is 18.4. The molecule has 3 heterocycles. The highest BCUT2D eigenvalue weighted by atomic mass is 16.5. The highest BCUT2D eigenvalue weighted by Crippen LogP contribution is 2.26. The molecule has 2 fully saturated rings. The maximum atomic E-state index is 12.9. The first-order valence-electron chi connectivity index (χ1n) is 11.4. The highest BCUT2D eigenvalue weighted by molar-refractivity contribution is 5.81. The molecular weight excluding hydrogens is 392 g/mol. The molecule has 1 aromatic carbocycles. The molecular formula is C23H30N6O2. The van der Waals surface area contributed by atoms with Gasteiger partial charge in [-0.2, -0.15) is 0 Å². The third-order valence-electron chi connectivity index (χ3n) is 6.73. The number of H-pyrrole nitrogens is 1. The van der Waals surface area contributed by atoms with Crippen molar-refractivity contribution in [2.75, 3.05) is 6.61 Å². The van der Waals surface area contributed by atoms with Gasteiger partial charge in [0.15, 0.2) is 5.82 Å². The minimum absolute atomic E-state index is 0.0104. The maximum Gasteiger partial charge on any atom is 0.252 e. The predicted octanol–water partition coefficient (Wildman–Crippen LogP) is 2.95. The van der Waals surface area contributed by atoms with Crippen molar-refractivity contribution in [2.45, 2.75) is 77.2 Å². The summed E-state index contributed by atoms with van der Waals surface area (Å²) in [5.41, 5.74) is 2.79. The Labute approximate surface area is 181 Å². The largest absolute Gasteiger partial charge is 0.376 e. The Hall–Kier alpha value is -2.58. The van der Waals surface area contributed by atoms with Crippen LogP contribution in [-0.2, 0) is 24.4 Å².